The fourth-order valence-corrected chi connectivity index (χ4v) is 4.10. The van der Waals surface area contributed by atoms with Crippen molar-refractivity contribution in [1.82, 2.24) is 4.90 Å². The van der Waals surface area contributed by atoms with E-state index in [1.165, 1.54) is 0 Å². The largest absolute Gasteiger partial charge is 0.352 e. The Balaban J connectivity index is 2.03. The Bertz CT molecular complexity index is 1200. The maximum absolute atomic E-state index is 13.8. The molecular weight excluding hydrogens is 394 g/mol. The van der Waals surface area contributed by atoms with Crippen LogP contribution < -0.4 is 5.32 Å². The lowest BCUT2D eigenvalue weighted by atomic mass is 9.98. The van der Waals surface area contributed by atoms with Crippen LogP contribution in [-0.4, -0.2) is 29.6 Å². The van der Waals surface area contributed by atoms with E-state index in [-0.39, 0.29) is 5.91 Å². The number of carbonyl (C=O) groups is 1. The molecule has 1 amide bonds. The van der Waals surface area contributed by atoms with Gasteiger partial charge in [-0.15, -0.1) is 0 Å². The Morgan fingerprint density at radius 2 is 1.50 bits per heavy atom. The minimum atomic E-state index is 0.00615. The van der Waals surface area contributed by atoms with Crippen molar-refractivity contribution in [3.8, 4) is 0 Å². The number of anilines is 1. The summed E-state index contributed by atoms with van der Waals surface area (Å²) >= 11 is 0. The zero-order valence-electron chi connectivity index (χ0n) is 19.1. The number of hydrogen-bond donors (Lipinski definition) is 1. The van der Waals surface area contributed by atoms with Crippen molar-refractivity contribution in [1.29, 1.82) is 0 Å². The molecule has 4 nitrogen and oxygen atoms in total. The topological polar surface area (TPSA) is 44.7 Å². The van der Waals surface area contributed by atoms with E-state index in [0.29, 0.717) is 18.7 Å². The summed E-state index contributed by atoms with van der Waals surface area (Å²) in [5, 5.41) is 3.58. The highest BCUT2D eigenvalue weighted by molar-refractivity contribution is 6.34. The number of para-hydroxylation sites is 2. The van der Waals surface area contributed by atoms with Crippen LogP contribution in [0.5, 0.6) is 0 Å². The molecule has 0 bridgehead atoms. The Hall–Kier alpha value is -3.66. The fraction of sp³-hybridized carbons (Fsp3) is 0.214. The van der Waals surface area contributed by atoms with E-state index >= 15 is 0 Å². The number of aliphatic imine (C=N–C) groups is 1. The molecule has 1 aliphatic heterocycles. The van der Waals surface area contributed by atoms with Crippen molar-refractivity contribution < 1.29 is 4.79 Å². The minimum Gasteiger partial charge on any atom is -0.352 e. The third kappa shape index (κ3) is 3.96. The highest BCUT2D eigenvalue weighted by Crippen LogP contribution is 2.37. The second-order valence-corrected chi connectivity index (χ2v) is 7.96. The molecule has 4 heteroatoms. The van der Waals surface area contributed by atoms with Gasteiger partial charge in [-0.25, -0.2) is 4.99 Å². The van der Waals surface area contributed by atoms with Gasteiger partial charge < -0.3 is 10.2 Å². The minimum absolute atomic E-state index is 0.00615. The molecule has 1 aliphatic rings. The van der Waals surface area contributed by atoms with Gasteiger partial charge in [-0.3, -0.25) is 4.79 Å². The summed E-state index contributed by atoms with van der Waals surface area (Å²) in [5.74, 6) is 0.00615. The summed E-state index contributed by atoms with van der Waals surface area (Å²) in [6, 6.07) is 24.2. The summed E-state index contributed by atoms with van der Waals surface area (Å²) in [6.07, 6.45) is 0. The smallest absolute Gasteiger partial charge is 0.256 e. The van der Waals surface area contributed by atoms with Gasteiger partial charge >= 0.3 is 0 Å². The molecule has 0 unspecified atom stereocenters. The number of carbonyl (C=O) groups excluding carboxylic acids is 1. The summed E-state index contributed by atoms with van der Waals surface area (Å²) in [5.41, 5.74) is 8.25. The number of nitrogens with zero attached hydrogens (tertiary/aromatic N) is 2. The molecule has 1 N–H and O–H groups in total. The number of hydrogen-bond acceptors (Lipinski definition) is 3. The molecule has 32 heavy (non-hydrogen) atoms. The van der Waals surface area contributed by atoms with Crippen molar-refractivity contribution >= 4 is 28.6 Å². The van der Waals surface area contributed by atoms with E-state index < -0.39 is 0 Å². The van der Waals surface area contributed by atoms with Crippen LogP contribution in [0.4, 0.5) is 11.4 Å². The average Bonchev–Trinajstić information content (AvgIpc) is 3.16. The van der Waals surface area contributed by atoms with Crippen LogP contribution in [0.3, 0.4) is 0 Å². The number of nitrogens with one attached hydrogen (secondary N) is 1. The molecule has 4 rings (SSSR count). The fourth-order valence-electron chi connectivity index (χ4n) is 4.10. The van der Waals surface area contributed by atoms with Gasteiger partial charge in [-0.05, 0) is 50.5 Å². The second-order valence-electron chi connectivity index (χ2n) is 7.96. The van der Waals surface area contributed by atoms with Crippen LogP contribution >= 0.6 is 0 Å². The number of rotatable bonds is 5. The van der Waals surface area contributed by atoms with E-state index in [1.807, 2.05) is 73.3 Å². The van der Waals surface area contributed by atoms with Crippen LogP contribution in [0.2, 0.25) is 0 Å². The molecule has 162 valence electrons. The summed E-state index contributed by atoms with van der Waals surface area (Å²) in [7, 11) is 0. The van der Waals surface area contributed by atoms with Crippen molar-refractivity contribution in [3.63, 3.8) is 0 Å². The average molecular weight is 424 g/mol. The SMILES string of the molecule is CCN(CC)C(=O)/C(=C1/Nc2c(C)cccc2C1=Nc1ccccc1C)c1ccccc1. The monoisotopic (exact) mass is 423 g/mol. The third-order valence-electron chi connectivity index (χ3n) is 5.94. The van der Waals surface area contributed by atoms with E-state index in [2.05, 4.69) is 37.4 Å². The molecule has 0 spiro atoms. The van der Waals surface area contributed by atoms with Crippen LogP contribution in [0.25, 0.3) is 5.57 Å². The number of aryl methyl sites for hydroxylation is 2. The van der Waals surface area contributed by atoms with Crippen LogP contribution in [0, 0.1) is 13.8 Å². The van der Waals surface area contributed by atoms with Gasteiger partial charge in [0.1, 0.15) is 0 Å². The first-order chi connectivity index (χ1) is 15.5. The number of likely N-dealkylation sites (N-methyl/N-ethyl adjacent to an activating group) is 1. The van der Waals surface area contributed by atoms with Gasteiger partial charge in [-0.1, -0.05) is 66.7 Å². The van der Waals surface area contributed by atoms with Crippen molar-refractivity contribution in [3.05, 3.63) is 101 Å². The Labute approximate surface area is 190 Å². The normalized spacial score (nSPS) is 15.3. The molecule has 0 saturated heterocycles. The molecule has 0 fully saturated rings. The highest BCUT2D eigenvalue weighted by atomic mass is 16.2. The lowest BCUT2D eigenvalue weighted by molar-refractivity contribution is -0.124. The molecule has 0 atom stereocenters. The highest BCUT2D eigenvalue weighted by Gasteiger charge is 2.31. The quantitative estimate of drug-likeness (QED) is 0.502. The second kappa shape index (κ2) is 9.23. The zero-order valence-corrected chi connectivity index (χ0v) is 19.1. The van der Waals surface area contributed by atoms with Crippen LogP contribution in [0.15, 0.2) is 83.5 Å². The van der Waals surface area contributed by atoms with E-state index in [4.69, 9.17) is 4.99 Å². The summed E-state index contributed by atoms with van der Waals surface area (Å²) in [4.78, 5) is 20.7. The maximum Gasteiger partial charge on any atom is 0.256 e. The van der Waals surface area contributed by atoms with Gasteiger partial charge in [0.05, 0.1) is 28.4 Å². The van der Waals surface area contributed by atoms with Crippen LogP contribution in [0.1, 0.15) is 36.1 Å². The predicted octanol–water partition coefficient (Wildman–Crippen LogP) is 6.13. The van der Waals surface area contributed by atoms with Crippen molar-refractivity contribution in [2.24, 2.45) is 4.99 Å². The van der Waals surface area contributed by atoms with Crippen molar-refractivity contribution in [2.45, 2.75) is 27.7 Å². The Morgan fingerprint density at radius 1 is 0.844 bits per heavy atom. The van der Waals surface area contributed by atoms with Gasteiger partial charge in [0.25, 0.3) is 5.91 Å². The maximum atomic E-state index is 13.8. The lowest BCUT2D eigenvalue weighted by Crippen LogP contribution is -2.32. The van der Waals surface area contributed by atoms with E-state index in [9.17, 15) is 4.79 Å². The molecule has 3 aromatic rings. The molecule has 0 aromatic heterocycles. The van der Waals surface area contributed by atoms with E-state index in [0.717, 1.165) is 45.0 Å². The molecular formula is C28H29N3O. The first-order valence-electron chi connectivity index (χ1n) is 11.2. The molecule has 0 aliphatic carbocycles. The first kappa shape index (κ1) is 21.6. The molecule has 0 saturated carbocycles. The first-order valence-corrected chi connectivity index (χ1v) is 11.2. The van der Waals surface area contributed by atoms with Gasteiger partial charge in [0.15, 0.2) is 0 Å². The molecule has 1 heterocycles. The zero-order chi connectivity index (χ0) is 22.7. The number of fused-ring (bicyclic) bond motifs is 1. The Morgan fingerprint density at radius 3 is 2.19 bits per heavy atom. The molecule has 0 radical (unpaired) electrons. The van der Waals surface area contributed by atoms with Gasteiger partial charge in [0.2, 0.25) is 0 Å². The molecule has 3 aromatic carbocycles. The standard InChI is InChI=1S/C28H29N3O/c1-5-31(6-2)28(32)24(21-15-8-7-9-16-21)27-26(29-23-18-11-10-13-19(23)3)22-17-12-14-20(4)25(22)30-27/h7-18,30H,5-6H2,1-4H3/b27-24+,29-26?. The van der Waals surface area contributed by atoms with Crippen LogP contribution in [-0.2, 0) is 4.79 Å². The predicted molar refractivity (Wildman–Crippen MR) is 133 cm³/mol. The number of allylic oxidation sites excluding steroid dienone is 1. The van der Waals surface area contributed by atoms with Gasteiger partial charge in [0, 0.05) is 18.7 Å². The third-order valence-corrected chi connectivity index (χ3v) is 5.94. The van der Waals surface area contributed by atoms with Gasteiger partial charge in [-0.2, -0.15) is 0 Å². The van der Waals surface area contributed by atoms with Crippen molar-refractivity contribution in [2.75, 3.05) is 18.4 Å². The van der Waals surface area contributed by atoms with E-state index in [1.54, 1.807) is 0 Å². The summed E-state index contributed by atoms with van der Waals surface area (Å²) < 4.78 is 0. The number of benzene rings is 3. The summed E-state index contributed by atoms with van der Waals surface area (Å²) in [6.45, 7) is 9.45. The number of amides is 1. The lowest BCUT2D eigenvalue weighted by Gasteiger charge is -2.22. The Kier molecular flexibility index (Phi) is 6.22.